The molecular formula is C25H32N4O2S. The maximum absolute atomic E-state index is 6.36. The van der Waals surface area contributed by atoms with Gasteiger partial charge in [-0.1, -0.05) is 24.6 Å². The number of rotatable bonds is 8. The first kappa shape index (κ1) is 22.6. The number of anilines is 1. The summed E-state index contributed by atoms with van der Waals surface area (Å²) in [6.07, 6.45) is 6.99. The molecule has 2 aromatic carbocycles. The van der Waals surface area contributed by atoms with Gasteiger partial charge in [-0.2, -0.15) is 0 Å². The lowest BCUT2D eigenvalue weighted by Gasteiger charge is -2.26. The average molecular weight is 453 g/mol. The molecule has 1 aliphatic heterocycles. The molecular weight excluding hydrogens is 420 g/mol. The number of ether oxygens (including phenoxy) is 1. The Kier molecular flexibility index (Phi) is 7.60. The molecule has 1 aliphatic rings. The highest BCUT2D eigenvalue weighted by Crippen LogP contribution is 2.34. The molecule has 1 fully saturated rings. The van der Waals surface area contributed by atoms with Gasteiger partial charge in [0.05, 0.1) is 7.11 Å². The number of hydrogen-bond donors (Lipinski definition) is 1. The van der Waals surface area contributed by atoms with Crippen LogP contribution in [0.5, 0.6) is 5.75 Å². The molecule has 0 amide bonds. The van der Waals surface area contributed by atoms with Crippen molar-refractivity contribution in [1.29, 1.82) is 0 Å². The van der Waals surface area contributed by atoms with Crippen molar-refractivity contribution in [1.82, 2.24) is 4.90 Å². The molecule has 0 aliphatic carbocycles. The van der Waals surface area contributed by atoms with Crippen LogP contribution in [0.15, 0.2) is 63.0 Å². The van der Waals surface area contributed by atoms with E-state index < -0.39 is 0 Å². The molecule has 6 nitrogen and oxygen atoms in total. The van der Waals surface area contributed by atoms with Crippen molar-refractivity contribution >= 4 is 40.1 Å². The van der Waals surface area contributed by atoms with Gasteiger partial charge in [0, 0.05) is 22.7 Å². The fourth-order valence-corrected chi connectivity index (χ4v) is 4.92. The molecule has 32 heavy (non-hydrogen) atoms. The molecule has 0 unspecified atom stereocenters. The molecule has 4 rings (SSSR count). The second kappa shape index (κ2) is 10.8. The van der Waals surface area contributed by atoms with Gasteiger partial charge in [-0.3, -0.25) is 4.90 Å². The van der Waals surface area contributed by atoms with E-state index in [1.807, 2.05) is 55.2 Å². The van der Waals surface area contributed by atoms with E-state index >= 15 is 0 Å². The third-order valence-corrected chi connectivity index (χ3v) is 6.94. The first-order valence-corrected chi connectivity index (χ1v) is 12.2. The molecule has 0 bridgehead atoms. The van der Waals surface area contributed by atoms with Crippen molar-refractivity contribution in [3.05, 3.63) is 48.7 Å². The molecule has 2 N–H and O–H groups in total. The molecule has 2 heterocycles. The lowest BCUT2D eigenvalue weighted by atomic mass is 10.1. The Balaban J connectivity index is 1.43. The highest BCUT2D eigenvalue weighted by molar-refractivity contribution is 7.99. The number of aliphatic imine (C=N–C) groups is 1. The summed E-state index contributed by atoms with van der Waals surface area (Å²) >= 11 is 1.85. The summed E-state index contributed by atoms with van der Waals surface area (Å²) in [6.45, 7) is 3.69. The number of likely N-dealkylation sites (tertiary alicyclic amines) is 1. The molecule has 0 radical (unpaired) electrons. The van der Waals surface area contributed by atoms with Crippen LogP contribution < -0.4 is 15.4 Å². The van der Waals surface area contributed by atoms with Crippen LogP contribution in [0, 0.1) is 0 Å². The SMILES string of the molecule is COc1ccc(SCCCN2CCCCC2)cc1N=C(N)N(C)c1occ2ccccc12. The number of guanidine groups is 1. The number of nitrogens with two attached hydrogens (primary N) is 1. The smallest absolute Gasteiger partial charge is 0.209 e. The molecule has 0 spiro atoms. The number of piperidine rings is 1. The summed E-state index contributed by atoms with van der Waals surface area (Å²) in [5.74, 6) is 2.79. The highest BCUT2D eigenvalue weighted by Gasteiger charge is 2.15. The Hall–Kier alpha value is -2.64. The van der Waals surface area contributed by atoms with E-state index in [4.69, 9.17) is 14.9 Å². The summed E-state index contributed by atoms with van der Waals surface area (Å²) in [5.41, 5.74) is 7.07. The predicted octanol–water partition coefficient (Wildman–Crippen LogP) is 5.49. The Morgan fingerprint density at radius 1 is 1.19 bits per heavy atom. The van der Waals surface area contributed by atoms with E-state index in [9.17, 15) is 0 Å². The standard InChI is InChI=1S/C25H32N4O2S/c1-28(24-21-10-5-4-9-19(21)18-31-24)25(26)27-22-17-20(11-12-23(22)30-2)32-16-8-15-29-13-6-3-7-14-29/h4-5,9-12,17-18H,3,6-8,13-16H2,1-2H3,(H2,26,27). The van der Waals surface area contributed by atoms with Gasteiger partial charge in [0.25, 0.3) is 0 Å². The van der Waals surface area contributed by atoms with Crippen LogP contribution in [-0.4, -0.2) is 50.4 Å². The molecule has 3 aromatic rings. The van der Waals surface area contributed by atoms with Crippen LogP contribution in [0.25, 0.3) is 10.8 Å². The van der Waals surface area contributed by atoms with Crippen molar-refractivity contribution in [3.8, 4) is 5.75 Å². The monoisotopic (exact) mass is 452 g/mol. The number of fused-ring (bicyclic) bond motifs is 1. The van der Waals surface area contributed by atoms with Gasteiger partial charge < -0.3 is 19.8 Å². The van der Waals surface area contributed by atoms with Crippen molar-refractivity contribution in [3.63, 3.8) is 0 Å². The molecule has 0 saturated carbocycles. The average Bonchev–Trinajstić information content (AvgIpc) is 3.26. The van der Waals surface area contributed by atoms with Gasteiger partial charge >= 0.3 is 0 Å². The zero-order valence-corrected chi connectivity index (χ0v) is 19.7. The Morgan fingerprint density at radius 2 is 2.00 bits per heavy atom. The fourth-order valence-electron chi connectivity index (χ4n) is 4.05. The Morgan fingerprint density at radius 3 is 2.81 bits per heavy atom. The Bertz CT molecular complexity index is 1060. The van der Waals surface area contributed by atoms with Crippen molar-refractivity contribution < 1.29 is 9.15 Å². The van der Waals surface area contributed by atoms with Crippen LogP contribution in [0.3, 0.4) is 0 Å². The number of thioether (sulfide) groups is 1. The van der Waals surface area contributed by atoms with Gasteiger partial charge in [-0.05, 0) is 68.9 Å². The van der Waals surface area contributed by atoms with Crippen molar-refractivity contribution in [2.75, 3.05) is 44.4 Å². The van der Waals surface area contributed by atoms with E-state index in [0.717, 1.165) is 16.5 Å². The van der Waals surface area contributed by atoms with Gasteiger partial charge in [-0.25, -0.2) is 4.99 Å². The van der Waals surface area contributed by atoms with E-state index in [-0.39, 0.29) is 0 Å². The van der Waals surface area contributed by atoms with E-state index in [1.165, 1.54) is 50.2 Å². The fraction of sp³-hybridized carbons (Fsp3) is 0.400. The molecule has 1 saturated heterocycles. The van der Waals surface area contributed by atoms with Gasteiger partial charge in [0.2, 0.25) is 11.8 Å². The van der Waals surface area contributed by atoms with Gasteiger partial charge in [0.1, 0.15) is 17.7 Å². The predicted molar refractivity (Wildman–Crippen MR) is 135 cm³/mol. The molecule has 0 atom stereocenters. The summed E-state index contributed by atoms with van der Waals surface area (Å²) in [5, 5.41) is 2.03. The van der Waals surface area contributed by atoms with Gasteiger partial charge in [-0.15, -0.1) is 11.8 Å². The molecule has 1 aromatic heterocycles. The van der Waals surface area contributed by atoms with Crippen LogP contribution in [0.2, 0.25) is 0 Å². The first-order valence-electron chi connectivity index (χ1n) is 11.2. The van der Waals surface area contributed by atoms with E-state index in [0.29, 0.717) is 23.3 Å². The minimum Gasteiger partial charge on any atom is -0.494 e. The van der Waals surface area contributed by atoms with E-state index in [1.54, 1.807) is 18.3 Å². The zero-order valence-electron chi connectivity index (χ0n) is 18.9. The summed E-state index contributed by atoms with van der Waals surface area (Å²) in [4.78, 5) is 10.2. The summed E-state index contributed by atoms with van der Waals surface area (Å²) < 4.78 is 11.3. The van der Waals surface area contributed by atoms with Crippen LogP contribution >= 0.6 is 11.8 Å². The molecule has 7 heteroatoms. The second-order valence-corrected chi connectivity index (χ2v) is 9.26. The van der Waals surface area contributed by atoms with Crippen LogP contribution in [0.1, 0.15) is 25.7 Å². The lowest BCUT2D eigenvalue weighted by Crippen LogP contribution is -2.33. The van der Waals surface area contributed by atoms with E-state index in [2.05, 4.69) is 16.0 Å². The zero-order chi connectivity index (χ0) is 22.3. The maximum atomic E-state index is 6.36. The normalized spacial score (nSPS) is 15.2. The quantitative estimate of drug-likeness (QED) is 0.211. The highest BCUT2D eigenvalue weighted by atomic mass is 32.2. The number of furan rings is 1. The summed E-state index contributed by atoms with van der Waals surface area (Å²) in [6, 6.07) is 14.1. The number of nitrogens with zero attached hydrogens (tertiary/aromatic N) is 3. The summed E-state index contributed by atoms with van der Waals surface area (Å²) in [7, 11) is 3.51. The second-order valence-electron chi connectivity index (χ2n) is 8.10. The third-order valence-electron chi connectivity index (χ3n) is 5.86. The van der Waals surface area contributed by atoms with Crippen molar-refractivity contribution in [2.45, 2.75) is 30.6 Å². The number of hydrogen-bond acceptors (Lipinski definition) is 5. The first-order chi connectivity index (χ1) is 15.7. The topological polar surface area (TPSA) is 67.2 Å². The van der Waals surface area contributed by atoms with Crippen LogP contribution in [-0.2, 0) is 0 Å². The third kappa shape index (κ3) is 5.40. The number of methoxy groups -OCH3 is 1. The lowest BCUT2D eigenvalue weighted by molar-refractivity contribution is 0.230. The Labute approximate surface area is 194 Å². The molecule has 170 valence electrons. The van der Waals surface area contributed by atoms with Crippen molar-refractivity contribution in [2.24, 2.45) is 10.7 Å². The minimum atomic E-state index is 0.343. The maximum Gasteiger partial charge on any atom is 0.209 e. The minimum absolute atomic E-state index is 0.343. The van der Waals surface area contributed by atoms with Gasteiger partial charge in [0.15, 0.2) is 0 Å². The largest absolute Gasteiger partial charge is 0.494 e. The number of benzene rings is 2. The van der Waals surface area contributed by atoms with Crippen LogP contribution in [0.4, 0.5) is 11.6 Å².